The third kappa shape index (κ3) is 2.37. The molecule has 1 heterocycles. The van der Waals surface area contributed by atoms with Gasteiger partial charge in [-0.3, -0.25) is 0 Å². The number of aliphatic hydroxyl groups is 1. The number of halogens is 1. The van der Waals surface area contributed by atoms with Crippen LogP contribution < -0.4 is 4.74 Å². The van der Waals surface area contributed by atoms with Gasteiger partial charge in [-0.25, -0.2) is 0 Å². The number of hydrogen-bond acceptors (Lipinski definition) is 3. The van der Waals surface area contributed by atoms with Crippen LogP contribution in [0.5, 0.6) is 5.75 Å². The van der Waals surface area contributed by atoms with Gasteiger partial charge in [0.2, 0.25) is 0 Å². The van der Waals surface area contributed by atoms with E-state index in [4.69, 9.17) is 9.15 Å². The fourth-order valence-electron chi connectivity index (χ4n) is 1.73. The molecular formula is C13H13BrO3. The van der Waals surface area contributed by atoms with Gasteiger partial charge in [-0.2, -0.15) is 0 Å². The van der Waals surface area contributed by atoms with E-state index in [9.17, 15) is 5.11 Å². The quantitative estimate of drug-likeness (QED) is 0.943. The second-order valence-corrected chi connectivity index (χ2v) is 4.52. The predicted molar refractivity (Wildman–Crippen MR) is 68.2 cm³/mol. The first-order valence-corrected chi connectivity index (χ1v) is 5.98. The summed E-state index contributed by atoms with van der Waals surface area (Å²) in [7, 11) is 1.59. The molecule has 0 saturated heterocycles. The molecule has 0 radical (unpaired) electrons. The smallest absolute Gasteiger partial charge is 0.175 e. The minimum absolute atomic E-state index is 0.536. The summed E-state index contributed by atoms with van der Waals surface area (Å²) < 4.78 is 10.9. The molecule has 0 bridgehead atoms. The van der Waals surface area contributed by atoms with Crippen LogP contribution in [0.3, 0.4) is 0 Å². The van der Waals surface area contributed by atoms with Crippen LogP contribution in [-0.4, -0.2) is 12.2 Å². The molecule has 17 heavy (non-hydrogen) atoms. The van der Waals surface area contributed by atoms with Gasteiger partial charge >= 0.3 is 0 Å². The highest BCUT2D eigenvalue weighted by Crippen LogP contribution is 2.34. The summed E-state index contributed by atoms with van der Waals surface area (Å²) in [5.41, 5.74) is 2.49. The second kappa shape index (κ2) is 4.94. The van der Waals surface area contributed by atoms with Crippen LogP contribution in [0.1, 0.15) is 22.8 Å². The van der Waals surface area contributed by atoms with E-state index in [1.54, 1.807) is 13.2 Å². The van der Waals surface area contributed by atoms with Crippen molar-refractivity contribution < 1.29 is 14.3 Å². The number of rotatable bonds is 3. The molecule has 0 saturated carbocycles. The first-order valence-electron chi connectivity index (χ1n) is 5.19. The summed E-state index contributed by atoms with van der Waals surface area (Å²) in [4.78, 5) is 0. The highest BCUT2D eigenvalue weighted by Gasteiger charge is 2.19. The number of furan rings is 1. The van der Waals surface area contributed by atoms with Crippen LogP contribution in [0.25, 0.3) is 0 Å². The Bertz CT molecular complexity index is 519. The molecule has 1 unspecified atom stereocenters. The maximum absolute atomic E-state index is 10.3. The van der Waals surface area contributed by atoms with Crippen LogP contribution in [0.15, 0.2) is 39.6 Å². The zero-order valence-corrected chi connectivity index (χ0v) is 11.2. The average molecular weight is 297 g/mol. The van der Waals surface area contributed by atoms with Gasteiger partial charge < -0.3 is 14.3 Å². The maximum atomic E-state index is 10.3. The highest BCUT2D eigenvalue weighted by molar-refractivity contribution is 9.10. The van der Waals surface area contributed by atoms with Gasteiger partial charge in [-0.15, -0.1) is 0 Å². The molecule has 1 atom stereocenters. The first-order chi connectivity index (χ1) is 8.13. The topological polar surface area (TPSA) is 42.6 Å². The monoisotopic (exact) mass is 296 g/mol. The molecular weight excluding hydrogens is 284 g/mol. The van der Waals surface area contributed by atoms with Crippen molar-refractivity contribution in [1.29, 1.82) is 0 Å². The number of benzene rings is 1. The molecule has 0 aliphatic rings. The summed E-state index contributed by atoms with van der Waals surface area (Å²) in [5, 5.41) is 10.3. The van der Waals surface area contributed by atoms with E-state index in [1.807, 2.05) is 25.1 Å². The van der Waals surface area contributed by atoms with Crippen molar-refractivity contribution in [2.24, 2.45) is 0 Å². The lowest BCUT2D eigenvalue weighted by Gasteiger charge is -2.14. The number of aliphatic hydroxyl groups excluding tert-OH is 1. The fourth-order valence-corrected chi connectivity index (χ4v) is 2.19. The van der Waals surface area contributed by atoms with E-state index in [-0.39, 0.29) is 0 Å². The largest absolute Gasteiger partial charge is 0.496 e. The van der Waals surface area contributed by atoms with E-state index in [0.29, 0.717) is 16.0 Å². The predicted octanol–water partition coefficient (Wildman–Crippen LogP) is 3.44. The van der Waals surface area contributed by atoms with Crippen molar-refractivity contribution in [3.8, 4) is 5.75 Å². The molecule has 1 aromatic heterocycles. The van der Waals surface area contributed by atoms with Crippen molar-refractivity contribution in [2.45, 2.75) is 13.0 Å². The first kappa shape index (κ1) is 12.2. The molecule has 0 aliphatic heterocycles. The molecule has 4 heteroatoms. The number of aryl methyl sites for hydroxylation is 1. The molecule has 1 aromatic carbocycles. The Balaban J connectivity index is 2.46. The lowest BCUT2D eigenvalue weighted by atomic mass is 10.0. The summed E-state index contributed by atoms with van der Waals surface area (Å²) >= 11 is 3.26. The highest BCUT2D eigenvalue weighted by atomic mass is 79.9. The lowest BCUT2D eigenvalue weighted by Crippen LogP contribution is -2.02. The summed E-state index contributed by atoms with van der Waals surface area (Å²) in [6.45, 7) is 1.97. The molecule has 2 aromatic rings. The Morgan fingerprint density at radius 1 is 1.29 bits per heavy atom. The van der Waals surface area contributed by atoms with Crippen molar-refractivity contribution >= 4 is 15.9 Å². The molecule has 0 amide bonds. The van der Waals surface area contributed by atoms with E-state index in [1.165, 1.54) is 6.26 Å². The van der Waals surface area contributed by atoms with E-state index in [2.05, 4.69) is 15.9 Å². The van der Waals surface area contributed by atoms with Crippen molar-refractivity contribution in [3.05, 3.63) is 51.9 Å². The van der Waals surface area contributed by atoms with Gasteiger partial charge in [0.25, 0.3) is 0 Å². The third-order valence-corrected chi connectivity index (χ3v) is 3.27. The molecule has 0 spiro atoms. The molecule has 2 rings (SSSR count). The summed E-state index contributed by atoms with van der Waals surface area (Å²) in [6.07, 6.45) is 0.767. The zero-order valence-electron chi connectivity index (χ0n) is 9.61. The fraction of sp³-hybridized carbons (Fsp3) is 0.231. The van der Waals surface area contributed by atoms with Gasteiger partial charge in [0.15, 0.2) is 4.67 Å². The van der Waals surface area contributed by atoms with Gasteiger partial charge in [0, 0.05) is 11.1 Å². The number of methoxy groups -OCH3 is 1. The van der Waals surface area contributed by atoms with Crippen LogP contribution in [0.2, 0.25) is 0 Å². The minimum atomic E-state index is -0.766. The van der Waals surface area contributed by atoms with Crippen molar-refractivity contribution in [2.75, 3.05) is 7.11 Å². The summed E-state index contributed by atoms with van der Waals surface area (Å²) in [5.74, 6) is 0.663. The Labute approximate surface area is 108 Å². The Morgan fingerprint density at radius 3 is 2.65 bits per heavy atom. The van der Waals surface area contributed by atoms with Crippen molar-refractivity contribution in [1.82, 2.24) is 0 Å². The molecule has 3 nitrogen and oxygen atoms in total. The van der Waals surface area contributed by atoms with Gasteiger partial charge in [0.1, 0.15) is 11.9 Å². The normalized spacial score (nSPS) is 12.5. The standard InChI is InChI=1S/C13H13BrO3/c1-8-3-4-11(16-2)10(7-8)12(15)9-5-6-17-13(9)14/h3-7,12,15H,1-2H3. The van der Waals surface area contributed by atoms with E-state index >= 15 is 0 Å². The molecule has 1 N–H and O–H groups in total. The summed E-state index contributed by atoms with van der Waals surface area (Å²) in [6, 6.07) is 7.43. The minimum Gasteiger partial charge on any atom is -0.496 e. The SMILES string of the molecule is COc1ccc(C)cc1C(O)c1ccoc1Br. The molecule has 0 fully saturated rings. The van der Waals surface area contributed by atoms with Crippen LogP contribution >= 0.6 is 15.9 Å². The van der Waals surface area contributed by atoms with Crippen molar-refractivity contribution in [3.63, 3.8) is 0 Å². The van der Waals surface area contributed by atoms with E-state index in [0.717, 1.165) is 11.1 Å². The Hall–Kier alpha value is -1.26. The van der Waals surface area contributed by atoms with Crippen LogP contribution in [0, 0.1) is 6.92 Å². The molecule has 90 valence electrons. The molecule has 0 aliphatic carbocycles. The average Bonchev–Trinajstić information content (AvgIpc) is 2.74. The number of ether oxygens (including phenoxy) is 1. The third-order valence-electron chi connectivity index (χ3n) is 2.62. The second-order valence-electron chi connectivity index (χ2n) is 3.80. The van der Waals surface area contributed by atoms with Gasteiger partial charge in [0.05, 0.1) is 13.4 Å². The van der Waals surface area contributed by atoms with Gasteiger partial charge in [-0.05, 0) is 41.1 Å². The maximum Gasteiger partial charge on any atom is 0.175 e. The van der Waals surface area contributed by atoms with Crippen LogP contribution in [-0.2, 0) is 0 Å². The lowest BCUT2D eigenvalue weighted by molar-refractivity contribution is 0.212. The van der Waals surface area contributed by atoms with Crippen LogP contribution in [0.4, 0.5) is 0 Å². The van der Waals surface area contributed by atoms with Gasteiger partial charge in [-0.1, -0.05) is 11.6 Å². The number of hydrogen-bond donors (Lipinski definition) is 1. The Morgan fingerprint density at radius 2 is 2.06 bits per heavy atom. The van der Waals surface area contributed by atoms with E-state index < -0.39 is 6.10 Å². The Kier molecular flexibility index (Phi) is 3.54. The zero-order chi connectivity index (χ0) is 12.4.